The zero-order chi connectivity index (χ0) is 17.9. The van der Waals surface area contributed by atoms with Gasteiger partial charge in [-0.1, -0.05) is 35.9 Å². The molecule has 0 spiro atoms. The maximum atomic E-state index is 12.7. The number of halogens is 1. The first-order chi connectivity index (χ1) is 12.7. The van der Waals surface area contributed by atoms with Crippen LogP contribution >= 0.6 is 22.9 Å². The number of morpholine rings is 1. The zero-order valence-corrected chi connectivity index (χ0v) is 15.6. The molecule has 3 heterocycles. The fourth-order valence-electron chi connectivity index (χ4n) is 3.04. The molecule has 0 saturated carbocycles. The number of carbonyl (C=O) groups is 1. The first-order valence-electron chi connectivity index (χ1n) is 8.46. The number of hydrogen-bond donors (Lipinski definition) is 1. The molecule has 134 valence electrons. The van der Waals surface area contributed by atoms with Gasteiger partial charge in [0.2, 0.25) is 0 Å². The summed E-state index contributed by atoms with van der Waals surface area (Å²) in [5, 5.41) is 4.42. The molecule has 1 aliphatic heterocycles. The van der Waals surface area contributed by atoms with Gasteiger partial charge in [0, 0.05) is 41.5 Å². The minimum atomic E-state index is -0.159. The standard InChI is InChI=1S/C19H18ClN3O2S/c20-16-14-5-1-2-6-15(14)26-17(16)19(24)22-12-13-4-3-7-21-18(13)23-8-10-25-11-9-23/h1-7H,8-12H2,(H,22,24). The Balaban J connectivity index is 1.52. The highest BCUT2D eigenvalue weighted by molar-refractivity contribution is 7.21. The lowest BCUT2D eigenvalue weighted by Gasteiger charge is -2.29. The summed E-state index contributed by atoms with van der Waals surface area (Å²) in [6, 6.07) is 11.7. The van der Waals surface area contributed by atoms with Crippen LogP contribution in [0.5, 0.6) is 0 Å². The van der Waals surface area contributed by atoms with Crippen molar-refractivity contribution in [2.75, 3.05) is 31.2 Å². The molecule has 1 aromatic carbocycles. The number of aromatic nitrogens is 1. The molecule has 4 rings (SSSR count). The monoisotopic (exact) mass is 387 g/mol. The summed E-state index contributed by atoms with van der Waals surface area (Å²) in [5.41, 5.74) is 0.986. The van der Waals surface area contributed by atoms with Crippen LogP contribution in [0.25, 0.3) is 10.1 Å². The first kappa shape index (κ1) is 17.3. The van der Waals surface area contributed by atoms with Crippen molar-refractivity contribution in [1.82, 2.24) is 10.3 Å². The van der Waals surface area contributed by atoms with Gasteiger partial charge in [0.1, 0.15) is 10.7 Å². The van der Waals surface area contributed by atoms with Crippen LogP contribution < -0.4 is 10.2 Å². The summed E-state index contributed by atoms with van der Waals surface area (Å²) in [4.78, 5) is 19.9. The van der Waals surface area contributed by atoms with E-state index in [0.29, 0.717) is 29.7 Å². The molecule has 1 aliphatic rings. The van der Waals surface area contributed by atoms with Crippen LogP contribution in [0, 0.1) is 0 Å². The van der Waals surface area contributed by atoms with Crippen molar-refractivity contribution in [2.45, 2.75) is 6.54 Å². The minimum Gasteiger partial charge on any atom is -0.378 e. The van der Waals surface area contributed by atoms with Gasteiger partial charge >= 0.3 is 0 Å². The average Bonchev–Trinajstić information content (AvgIpc) is 3.04. The SMILES string of the molecule is O=C(NCc1cccnc1N1CCOCC1)c1sc2ccccc2c1Cl. The van der Waals surface area contributed by atoms with E-state index in [0.717, 1.165) is 34.6 Å². The molecule has 0 aliphatic carbocycles. The van der Waals surface area contributed by atoms with Crippen molar-refractivity contribution < 1.29 is 9.53 Å². The number of amides is 1. The highest BCUT2D eigenvalue weighted by atomic mass is 35.5. The lowest BCUT2D eigenvalue weighted by atomic mass is 10.2. The second-order valence-electron chi connectivity index (χ2n) is 6.01. The van der Waals surface area contributed by atoms with Crippen molar-refractivity contribution in [3.8, 4) is 0 Å². The van der Waals surface area contributed by atoms with Gasteiger partial charge in [0.25, 0.3) is 5.91 Å². The highest BCUT2D eigenvalue weighted by Gasteiger charge is 2.19. The molecular formula is C19H18ClN3O2S. The number of hydrogen-bond acceptors (Lipinski definition) is 5. The molecule has 0 radical (unpaired) electrons. The number of fused-ring (bicyclic) bond motifs is 1. The summed E-state index contributed by atoms with van der Waals surface area (Å²) in [6.45, 7) is 3.41. The second kappa shape index (κ2) is 7.61. The fraction of sp³-hybridized carbons (Fsp3) is 0.263. The van der Waals surface area contributed by atoms with Gasteiger partial charge in [0.05, 0.1) is 18.2 Å². The van der Waals surface area contributed by atoms with E-state index in [1.54, 1.807) is 6.20 Å². The van der Waals surface area contributed by atoms with E-state index in [9.17, 15) is 4.79 Å². The van der Waals surface area contributed by atoms with Crippen molar-refractivity contribution in [3.05, 3.63) is 58.1 Å². The van der Waals surface area contributed by atoms with Crippen molar-refractivity contribution >= 4 is 44.7 Å². The minimum absolute atomic E-state index is 0.159. The molecule has 1 fully saturated rings. The van der Waals surface area contributed by atoms with Crippen LogP contribution in [-0.2, 0) is 11.3 Å². The van der Waals surface area contributed by atoms with Gasteiger partial charge in [-0.25, -0.2) is 4.98 Å². The summed E-state index contributed by atoms with van der Waals surface area (Å²) in [7, 11) is 0. The number of thiophene rings is 1. The van der Waals surface area contributed by atoms with Crippen LogP contribution in [0.15, 0.2) is 42.6 Å². The molecule has 2 aromatic heterocycles. The Labute approximate surface area is 160 Å². The summed E-state index contributed by atoms with van der Waals surface area (Å²) in [5.74, 6) is 0.742. The largest absolute Gasteiger partial charge is 0.378 e. The topological polar surface area (TPSA) is 54.5 Å². The average molecular weight is 388 g/mol. The molecule has 1 saturated heterocycles. The predicted molar refractivity (Wildman–Crippen MR) is 105 cm³/mol. The summed E-state index contributed by atoms with van der Waals surface area (Å²) >= 11 is 7.81. The Morgan fingerprint density at radius 2 is 2.04 bits per heavy atom. The molecule has 0 atom stereocenters. The Kier molecular flexibility index (Phi) is 5.06. The molecule has 1 N–H and O–H groups in total. The van der Waals surface area contributed by atoms with Crippen LogP contribution in [0.3, 0.4) is 0 Å². The van der Waals surface area contributed by atoms with Gasteiger partial charge in [-0.3, -0.25) is 4.79 Å². The lowest BCUT2D eigenvalue weighted by Crippen LogP contribution is -2.37. The number of nitrogens with one attached hydrogen (secondary N) is 1. The van der Waals surface area contributed by atoms with Crippen LogP contribution in [0.1, 0.15) is 15.2 Å². The van der Waals surface area contributed by atoms with E-state index >= 15 is 0 Å². The summed E-state index contributed by atoms with van der Waals surface area (Å²) < 4.78 is 6.42. The zero-order valence-electron chi connectivity index (χ0n) is 14.1. The Morgan fingerprint density at radius 3 is 2.85 bits per heavy atom. The molecule has 3 aromatic rings. The molecule has 5 nitrogen and oxygen atoms in total. The van der Waals surface area contributed by atoms with Crippen LogP contribution in [0.2, 0.25) is 5.02 Å². The number of rotatable bonds is 4. The third-order valence-electron chi connectivity index (χ3n) is 4.36. The Morgan fingerprint density at radius 1 is 1.23 bits per heavy atom. The van der Waals surface area contributed by atoms with Gasteiger partial charge in [-0.2, -0.15) is 0 Å². The van der Waals surface area contributed by atoms with E-state index in [1.165, 1.54) is 11.3 Å². The fourth-order valence-corrected chi connectivity index (χ4v) is 4.48. The number of pyridine rings is 1. The van der Waals surface area contributed by atoms with Crippen LogP contribution in [-0.4, -0.2) is 37.2 Å². The first-order valence-corrected chi connectivity index (χ1v) is 9.65. The van der Waals surface area contributed by atoms with Gasteiger partial charge in [-0.15, -0.1) is 11.3 Å². The third kappa shape index (κ3) is 3.40. The van der Waals surface area contributed by atoms with E-state index in [4.69, 9.17) is 16.3 Å². The predicted octanol–water partition coefficient (Wildman–Crippen LogP) is 3.72. The molecule has 1 amide bonds. The molecule has 26 heavy (non-hydrogen) atoms. The Bertz CT molecular complexity index is 937. The van der Waals surface area contributed by atoms with E-state index in [2.05, 4.69) is 15.2 Å². The van der Waals surface area contributed by atoms with E-state index in [-0.39, 0.29) is 5.91 Å². The number of nitrogens with zero attached hydrogens (tertiary/aromatic N) is 2. The van der Waals surface area contributed by atoms with Crippen LogP contribution in [0.4, 0.5) is 5.82 Å². The second-order valence-corrected chi connectivity index (χ2v) is 7.44. The molecule has 0 bridgehead atoms. The van der Waals surface area contributed by atoms with Crippen molar-refractivity contribution in [1.29, 1.82) is 0 Å². The number of carbonyl (C=O) groups excluding carboxylic acids is 1. The third-order valence-corrected chi connectivity index (χ3v) is 6.03. The highest BCUT2D eigenvalue weighted by Crippen LogP contribution is 2.35. The summed E-state index contributed by atoms with van der Waals surface area (Å²) in [6.07, 6.45) is 1.78. The number of benzene rings is 1. The smallest absolute Gasteiger partial charge is 0.263 e. The number of anilines is 1. The lowest BCUT2D eigenvalue weighted by molar-refractivity contribution is 0.0955. The Hall–Kier alpha value is -2.15. The van der Waals surface area contributed by atoms with Gasteiger partial charge < -0.3 is 15.0 Å². The normalized spacial score (nSPS) is 14.6. The van der Waals surface area contributed by atoms with E-state index < -0.39 is 0 Å². The van der Waals surface area contributed by atoms with Gasteiger partial charge in [-0.05, 0) is 12.1 Å². The molecule has 0 unspecified atom stereocenters. The molecular weight excluding hydrogens is 370 g/mol. The quantitative estimate of drug-likeness (QED) is 0.741. The molecule has 7 heteroatoms. The van der Waals surface area contributed by atoms with Gasteiger partial charge in [0.15, 0.2) is 0 Å². The van der Waals surface area contributed by atoms with Crippen molar-refractivity contribution in [3.63, 3.8) is 0 Å². The van der Waals surface area contributed by atoms with Crippen molar-refractivity contribution in [2.24, 2.45) is 0 Å². The maximum absolute atomic E-state index is 12.7. The number of ether oxygens (including phenoxy) is 1. The maximum Gasteiger partial charge on any atom is 0.263 e. The van der Waals surface area contributed by atoms with E-state index in [1.807, 2.05) is 36.4 Å².